The van der Waals surface area contributed by atoms with Gasteiger partial charge in [-0.05, 0) is 98.3 Å². The van der Waals surface area contributed by atoms with Gasteiger partial charge in [0.15, 0.2) is 5.78 Å². The van der Waals surface area contributed by atoms with Crippen molar-refractivity contribution in [2.24, 2.45) is 0 Å². The molecule has 5 heteroatoms. The van der Waals surface area contributed by atoms with Crippen molar-refractivity contribution >= 4 is 71.7 Å². The minimum atomic E-state index is -0.713. The van der Waals surface area contributed by atoms with E-state index in [1.807, 2.05) is 37.4 Å². The van der Waals surface area contributed by atoms with Gasteiger partial charge in [-0.1, -0.05) is 100 Å². The Morgan fingerprint density at radius 3 is 1.88 bits per heavy atom. The highest BCUT2D eigenvalue weighted by Crippen LogP contribution is 2.52. The largest absolute Gasteiger partial charge is 0.775 e. The average Bonchev–Trinajstić information content (AvgIpc) is 3.16. The Balaban J connectivity index is 1.46. The second kappa shape index (κ2) is 14.7. The van der Waals surface area contributed by atoms with E-state index in [9.17, 15) is 10.2 Å². The summed E-state index contributed by atoms with van der Waals surface area (Å²) in [7, 11) is 1.90. The number of Topliss-reactive ketones (excluding diaryl/α,β-unsaturated/α-hetero) is 1. The van der Waals surface area contributed by atoms with Gasteiger partial charge < -0.3 is 15.6 Å². The molecule has 1 unspecified atom stereocenters. The fourth-order valence-electron chi connectivity index (χ4n) is 7.94. The summed E-state index contributed by atoms with van der Waals surface area (Å²) in [5, 5.41) is 22.1. The Hall–Kier alpha value is -5.69. The normalized spacial score (nSPS) is 14.2. The number of benzene rings is 6. The molecule has 0 fully saturated rings. The Kier molecular flexibility index (Phi) is 9.71. The zero-order valence-corrected chi connectivity index (χ0v) is 29.7. The van der Waals surface area contributed by atoms with Crippen LogP contribution in [-0.4, -0.2) is 31.8 Å². The number of unbranched alkanes of at least 4 members (excludes halogenated alkanes) is 4. The molecule has 0 spiro atoms. The van der Waals surface area contributed by atoms with Crippen LogP contribution in [0.25, 0.3) is 58.9 Å². The van der Waals surface area contributed by atoms with E-state index in [-0.39, 0.29) is 11.5 Å². The molecule has 1 atom stereocenters. The zero-order valence-electron chi connectivity index (χ0n) is 29.7. The Morgan fingerprint density at radius 2 is 1.33 bits per heavy atom. The summed E-state index contributed by atoms with van der Waals surface area (Å²) in [6.45, 7) is 14.5. The van der Waals surface area contributed by atoms with Crippen molar-refractivity contribution < 1.29 is 4.79 Å². The number of nitrogens with zero attached hydrogens (tertiary/aromatic N) is 3. The predicted molar refractivity (Wildman–Crippen MR) is 217 cm³/mol. The highest BCUT2D eigenvalue weighted by atomic mass is 16.1. The first-order valence-electron chi connectivity index (χ1n) is 18.3. The summed E-state index contributed by atoms with van der Waals surface area (Å²) in [4.78, 5) is 21.0. The van der Waals surface area contributed by atoms with Crippen molar-refractivity contribution in [3.8, 4) is 0 Å². The van der Waals surface area contributed by atoms with Gasteiger partial charge in [-0.15, -0.1) is 0 Å². The second-order valence-electron chi connectivity index (χ2n) is 13.6. The van der Waals surface area contributed by atoms with Crippen LogP contribution in [0.5, 0.6) is 0 Å². The minimum Gasteiger partial charge on any atom is -0.775 e. The minimum absolute atomic E-state index is 0.0278. The molecule has 0 amide bonds. The van der Waals surface area contributed by atoms with Crippen LogP contribution >= 0.6 is 0 Å². The molecule has 1 aliphatic rings. The molecule has 0 saturated heterocycles. The third kappa shape index (κ3) is 6.07. The molecule has 6 aromatic carbocycles. The lowest BCUT2D eigenvalue weighted by molar-refractivity contribution is -0.115. The molecule has 0 saturated carbocycles. The molecule has 1 aliphatic carbocycles. The van der Waals surface area contributed by atoms with Crippen LogP contribution in [0, 0.1) is 6.57 Å². The van der Waals surface area contributed by atoms with Gasteiger partial charge in [-0.3, -0.25) is 10.7 Å². The third-order valence-electron chi connectivity index (χ3n) is 10.6. The van der Waals surface area contributed by atoms with E-state index in [0.717, 1.165) is 98.7 Å². The molecule has 0 aliphatic heterocycles. The summed E-state index contributed by atoms with van der Waals surface area (Å²) < 4.78 is 0. The van der Waals surface area contributed by atoms with E-state index >= 15 is 0 Å². The first kappa shape index (κ1) is 33.8. The number of hydrogen-bond donors (Lipinski definition) is 1. The number of anilines is 2. The van der Waals surface area contributed by atoms with E-state index in [1.54, 1.807) is 0 Å². The first-order chi connectivity index (χ1) is 25.0. The summed E-state index contributed by atoms with van der Waals surface area (Å²) in [5.74, 6) is 1.40. The van der Waals surface area contributed by atoms with Crippen LogP contribution in [0.4, 0.5) is 11.4 Å². The quantitative estimate of drug-likeness (QED) is 0.0577. The molecule has 254 valence electrons. The van der Waals surface area contributed by atoms with Gasteiger partial charge in [0.2, 0.25) is 5.70 Å². The monoisotopic (exact) mass is 667 g/mol. The number of fused-ring (bicyclic) bond motifs is 4. The summed E-state index contributed by atoms with van der Waals surface area (Å²) >= 11 is 0. The zero-order chi connectivity index (χ0) is 35.5. The van der Waals surface area contributed by atoms with E-state index in [0.29, 0.717) is 11.1 Å². The van der Waals surface area contributed by atoms with Crippen molar-refractivity contribution in [2.45, 2.75) is 58.3 Å². The van der Waals surface area contributed by atoms with Crippen LogP contribution in [0.3, 0.4) is 0 Å². The van der Waals surface area contributed by atoms with Gasteiger partial charge in [0.05, 0.1) is 12.5 Å². The molecule has 0 aromatic heterocycles. The highest BCUT2D eigenvalue weighted by Gasteiger charge is 2.43. The molecule has 0 radical (unpaired) electrons. The van der Waals surface area contributed by atoms with Crippen molar-refractivity contribution in [1.82, 2.24) is 0 Å². The fourth-order valence-corrected chi connectivity index (χ4v) is 7.94. The SMILES string of the molecule is [C-]#[N+]C(=C=[N-])C1=C(c2ccc(NC)c3cc4ccccc4cc23)C(=O)C1c1ccc(N(CCCCC)CCCCC)c2cc3ccccc3cc12. The lowest BCUT2D eigenvalue weighted by Gasteiger charge is -2.35. The molecular formula is C46H43N4O-. The summed E-state index contributed by atoms with van der Waals surface area (Å²) in [6.07, 6.45) is 6.93. The molecule has 5 nitrogen and oxygen atoms in total. The van der Waals surface area contributed by atoms with Crippen LogP contribution in [0.15, 0.2) is 108 Å². The Labute approximate surface area is 300 Å². The summed E-state index contributed by atoms with van der Waals surface area (Å²) in [6, 6.07) is 33.5. The van der Waals surface area contributed by atoms with Crippen molar-refractivity contribution in [3.05, 3.63) is 136 Å². The van der Waals surface area contributed by atoms with Gasteiger partial charge in [0.1, 0.15) is 0 Å². The van der Waals surface area contributed by atoms with E-state index in [1.165, 1.54) is 18.5 Å². The van der Waals surface area contributed by atoms with Crippen LogP contribution in [0.2, 0.25) is 0 Å². The van der Waals surface area contributed by atoms with E-state index < -0.39 is 5.92 Å². The number of ketones is 1. The van der Waals surface area contributed by atoms with E-state index in [4.69, 9.17) is 6.57 Å². The highest BCUT2D eigenvalue weighted by molar-refractivity contribution is 6.37. The number of rotatable bonds is 13. The number of nitrogens with one attached hydrogen (secondary N) is 1. The molecule has 1 N–H and O–H groups in total. The maximum absolute atomic E-state index is 14.7. The topological polar surface area (TPSA) is 59.0 Å². The van der Waals surface area contributed by atoms with Gasteiger partial charge in [0, 0.05) is 47.9 Å². The Bertz CT molecular complexity index is 2430. The molecule has 7 rings (SSSR count). The van der Waals surface area contributed by atoms with Gasteiger partial charge in [0.25, 0.3) is 0 Å². The van der Waals surface area contributed by atoms with Crippen molar-refractivity contribution in [3.63, 3.8) is 0 Å². The second-order valence-corrected chi connectivity index (χ2v) is 13.6. The first-order valence-corrected chi connectivity index (χ1v) is 18.3. The average molecular weight is 668 g/mol. The van der Waals surface area contributed by atoms with Crippen LogP contribution in [0.1, 0.15) is 69.4 Å². The van der Waals surface area contributed by atoms with E-state index in [2.05, 4.69) is 102 Å². The maximum Gasteiger partial charge on any atom is 0.210 e. The van der Waals surface area contributed by atoms with Crippen LogP contribution < -0.4 is 10.2 Å². The van der Waals surface area contributed by atoms with Gasteiger partial charge in [-0.2, -0.15) is 0 Å². The smallest absolute Gasteiger partial charge is 0.210 e. The third-order valence-corrected chi connectivity index (χ3v) is 10.6. The standard InChI is InChI=1S/C46H43N4O/c1-5-7-13-23-50(24-14-8-6-2)42-22-20-35(37-26-31-16-10-12-18-33(31)28-39(37)42)44-45(41(29-47)49-4)43(46(44)51)34-19-21-40(48-3)38-27-32-17-11-9-15-30(32)25-36(34)38/h9-12,15-22,25-28,44,48H,5-8,13-14,23-24H2,1-3H3/q-1. The number of hydrogen-bond acceptors (Lipinski definition) is 3. The van der Waals surface area contributed by atoms with Crippen molar-refractivity contribution in [2.75, 3.05) is 30.4 Å². The van der Waals surface area contributed by atoms with Crippen molar-refractivity contribution in [1.29, 1.82) is 0 Å². The fraction of sp³-hybridized carbons (Fsp3) is 0.261. The number of carbonyl (C=O) groups excluding carboxylic acids is 1. The molecule has 0 heterocycles. The van der Waals surface area contributed by atoms with Gasteiger partial charge in [-0.25, -0.2) is 4.85 Å². The molecule has 6 aromatic rings. The lowest BCUT2D eigenvalue weighted by Crippen LogP contribution is -2.30. The maximum atomic E-state index is 14.7. The lowest BCUT2D eigenvalue weighted by atomic mass is 9.67. The molecule has 51 heavy (non-hydrogen) atoms. The molecule has 0 bridgehead atoms. The summed E-state index contributed by atoms with van der Waals surface area (Å²) in [5.41, 5.74) is 4.70. The number of allylic oxidation sites excluding steroid dienone is 2. The molecular weight excluding hydrogens is 625 g/mol. The number of carbonyl (C=O) groups is 1. The predicted octanol–water partition coefficient (Wildman–Crippen LogP) is 11.7. The van der Waals surface area contributed by atoms with Crippen LogP contribution in [-0.2, 0) is 4.79 Å². The Morgan fingerprint density at radius 1 is 0.765 bits per heavy atom. The van der Waals surface area contributed by atoms with Gasteiger partial charge >= 0.3 is 0 Å².